The lowest BCUT2D eigenvalue weighted by molar-refractivity contribution is -0.122. The molecule has 3 aromatic rings. The van der Waals surface area contributed by atoms with E-state index in [0.717, 1.165) is 5.56 Å². The molecule has 0 bridgehead atoms. The van der Waals surface area contributed by atoms with Crippen molar-refractivity contribution in [1.29, 1.82) is 0 Å². The summed E-state index contributed by atoms with van der Waals surface area (Å²) in [5.41, 5.74) is 1.72. The molecule has 0 unspecified atom stereocenters. The number of sulfonamides is 1. The zero-order valence-electron chi connectivity index (χ0n) is 17.4. The number of carbonyl (C=O) groups excluding carboxylic acids is 1. The number of amides is 1. The molecule has 0 radical (unpaired) electrons. The maximum Gasteiger partial charge on any atom is 0.267 e. The van der Waals surface area contributed by atoms with Gasteiger partial charge in [0.25, 0.3) is 15.9 Å². The molecule has 0 fully saturated rings. The van der Waals surface area contributed by atoms with Crippen molar-refractivity contribution >= 4 is 38.9 Å². The standard InChI is InChI=1S/C23H21ClN2O5S/c1-15-7-8-16(24)13-19(15)25-23(27)22-14-26(20-5-3-4-6-21(20)31-22)32(28,29)18-11-9-17(30-2)10-12-18/h3-13,22H,14H2,1-2H3,(H,25,27)/t22-/m1/s1. The highest BCUT2D eigenvalue weighted by molar-refractivity contribution is 7.92. The summed E-state index contributed by atoms with van der Waals surface area (Å²) in [6.07, 6.45) is -1.06. The Bertz CT molecular complexity index is 1260. The van der Waals surface area contributed by atoms with Crippen LogP contribution in [0.4, 0.5) is 11.4 Å². The van der Waals surface area contributed by atoms with Gasteiger partial charge in [-0.25, -0.2) is 8.42 Å². The van der Waals surface area contributed by atoms with Gasteiger partial charge in [0, 0.05) is 10.7 Å². The largest absolute Gasteiger partial charge is 0.497 e. The van der Waals surface area contributed by atoms with Crippen LogP contribution in [0.15, 0.2) is 71.6 Å². The molecule has 1 amide bonds. The van der Waals surface area contributed by atoms with E-state index in [1.54, 1.807) is 54.6 Å². The lowest BCUT2D eigenvalue weighted by atomic mass is 10.1. The van der Waals surface area contributed by atoms with E-state index in [-0.39, 0.29) is 11.4 Å². The van der Waals surface area contributed by atoms with Gasteiger partial charge >= 0.3 is 0 Å². The van der Waals surface area contributed by atoms with Crippen molar-refractivity contribution in [2.75, 3.05) is 23.3 Å². The molecule has 1 aliphatic rings. The molecule has 7 nitrogen and oxygen atoms in total. The molecule has 0 saturated carbocycles. The molecule has 1 heterocycles. The van der Waals surface area contributed by atoms with Gasteiger partial charge in [0.05, 0.1) is 24.2 Å². The van der Waals surface area contributed by atoms with Gasteiger partial charge in [0.1, 0.15) is 11.5 Å². The van der Waals surface area contributed by atoms with Crippen molar-refractivity contribution in [2.24, 2.45) is 0 Å². The van der Waals surface area contributed by atoms with Gasteiger partial charge in [-0.1, -0.05) is 29.8 Å². The second-order valence-corrected chi connectivity index (χ2v) is 9.53. The van der Waals surface area contributed by atoms with Gasteiger partial charge in [-0.2, -0.15) is 0 Å². The SMILES string of the molecule is COc1ccc(S(=O)(=O)N2C[C@H](C(=O)Nc3cc(Cl)ccc3C)Oc3ccccc32)cc1. The molecule has 9 heteroatoms. The fourth-order valence-electron chi connectivity index (χ4n) is 3.38. The van der Waals surface area contributed by atoms with Crippen LogP contribution >= 0.6 is 11.6 Å². The number of nitrogens with zero attached hydrogens (tertiary/aromatic N) is 1. The Morgan fingerprint density at radius 1 is 1.12 bits per heavy atom. The molecule has 3 aromatic carbocycles. The van der Waals surface area contributed by atoms with Crippen LogP contribution in [-0.2, 0) is 14.8 Å². The lowest BCUT2D eigenvalue weighted by Crippen LogP contribution is -2.48. The van der Waals surface area contributed by atoms with Crippen LogP contribution in [0.3, 0.4) is 0 Å². The van der Waals surface area contributed by atoms with E-state index in [4.69, 9.17) is 21.1 Å². The summed E-state index contributed by atoms with van der Waals surface area (Å²) >= 11 is 6.05. The molecule has 1 N–H and O–H groups in total. The smallest absolute Gasteiger partial charge is 0.267 e. The van der Waals surface area contributed by atoms with Gasteiger partial charge in [0.2, 0.25) is 0 Å². The average molecular weight is 473 g/mol. The predicted octanol–water partition coefficient (Wildman–Crippen LogP) is 4.25. The Kier molecular flexibility index (Phi) is 5.99. The molecule has 166 valence electrons. The number of anilines is 2. The van der Waals surface area contributed by atoms with E-state index in [9.17, 15) is 13.2 Å². The Labute approximate surface area is 191 Å². The first-order valence-corrected chi connectivity index (χ1v) is 11.6. The Morgan fingerprint density at radius 2 is 1.84 bits per heavy atom. The van der Waals surface area contributed by atoms with Gasteiger partial charge < -0.3 is 14.8 Å². The number of hydrogen-bond acceptors (Lipinski definition) is 5. The van der Waals surface area contributed by atoms with E-state index < -0.39 is 22.0 Å². The number of ether oxygens (including phenoxy) is 2. The molecule has 0 spiro atoms. The fraction of sp³-hybridized carbons (Fsp3) is 0.174. The van der Waals surface area contributed by atoms with Crippen LogP contribution in [0.25, 0.3) is 0 Å². The van der Waals surface area contributed by atoms with Gasteiger partial charge in [0.15, 0.2) is 6.10 Å². The van der Waals surface area contributed by atoms with Gasteiger partial charge in [-0.15, -0.1) is 0 Å². The minimum absolute atomic E-state index is 0.0832. The first kappa shape index (κ1) is 22.0. The second kappa shape index (κ2) is 8.72. The van der Waals surface area contributed by atoms with E-state index in [2.05, 4.69) is 5.32 Å². The topological polar surface area (TPSA) is 84.9 Å². The molecule has 1 atom stereocenters. The number of benzene rings is 3. The molecular formula is C23H21ClN2O5S. The summed E-state index contributed by atoms with van der Waals surface area (Å²) in [6.45, 7) is 1.65. The molecule has 32 heavy (non-hydrogen) atoms. The Morgan fingerprint density at radius 3 is 2.56 bits per heavy atom. The van der Waals surface area contributed by atoms with E-state index in [1.807, 2.05) is 6.92 Å². The number of rotatable bonds is 5. The lowest BCUT2D eigenvalue weighted by Gasteiger charge is -2.34. The number of hydrogen-bond donors (Lipinski definition) is 1. The third kappa shape index (κ3) is 4.24. The first-order chi connectivity index (χ1) is 15.3. The summed E-state index contributed by atoms with van der Waals surface area (Å²) in [4.78, 5) is 13.1. The molecule has 0 saturated heterocycles. The summed E-state index contributed by atoms with van der Waals surface area (Å²) in [5, 5.41) is 3.27. The van der Waals surface area contributed by atoms with Crippen molar-refractivity contribution in [3.63, 3.8) is 0 Å². The van der Waals surface area contributed by atoms with Crippen molar-refractivity contribution in [2.45, 2.75) is 17.9 Å². The zero-order chi connectivity index (χ0) is 22.9. The first-order valence-electron chi connectivity index (χ1n) is 9.79. The summed E-state index contributed by atoms with van der Waals surface area (Å²) < 4.78 is 39.1. The maximum atomic E-state index is 13.5. The highest BCUT2D eigenvalue weighted by atomic mass is 35.5. The molecular weight excluding hydrogens is 452 g/mol. The van der Waals surface area contributed by atoms with Crippen LogP contribution in [0.2, 0.25) is 5.02 Å². The number of methoxy groups -OCH3 is 1. The highest BCUT2D eigenvalue weighted by Crippen LogP contribution is 2.37. The second-order valence-electron chi connectivity index (χ2n) is 7.23. The van der Waals surface area contributed by atoms with Crippen LogP contribution in [0.1, 0.15) is 5.56 Å². The highest BCUT2D eigenvalue weighted by Gasteiger charge is 2.37. The van der Waals surface area contributed by atoms with E-state index >= 15 is 0 Å². The van der Waals surface area contributed by atoms with Crippen LogP contribution in [0, 0.1) is 6.92 Å². The minimum atomic E-state index is -3.96. The van der Waals surface area contributed by atoms with Crippen molar-refractivity contribution in [3.8, 4) is 11.5 Å². The monoisotopic (exact) mass is 472 g/mol. The number of para-hydroxylation sites is 2. The normalized spacial score (nSPS) is 15.5. The van der Waals surface area contributed by atoms with Gasteiger partial charge in [-0.05, 0) is 61.0 Å². The predicted molar refractivity (Wildman–Crippen MR) is 123 cm³/mol. The van der Waals surface area contributed by atoms with Crippen LogP contribution in [-0.4, -0.2) is 34.1 Å². The Hall–Kier alpha value is -3.23. The third-order valence-electron chi connectivity index (χ3n) is 5.13. The van der Waals surface area contributed by atoms with E-state index in [1.165, 1.54) is 23.5 Å². The van der Waals surface area contributed by atoms with Crippen molar-refractivity contribution < 1.29 is 22.7 Å². The molecule has 1 aliphatic heterocycles. The number of carbonyl (C=O) groups is 1. The number of halogens is 1. The maximum absolute atomic E-state index is 13.5. The minimum Gasteiger partial charge on any atom is -0.497 e. The van der Waals surface area contributed by atoms with Crippen molar-refractivity contribution in [1.82, 2.24) is 0 Å². The fourth-order valence-corrected chi connectivity index (χ4v) is 5.03. The molecule has 4 rings (SSSR count). The summed E-state index contributed by atoms with van der Waals surface area (Å²) in [6, 6.07) is 18.0. The third-order valence-corrected chi connectivity index (χ3v) is 7.16. The number of fused-ring (bicyclic) bond motifs is 1. The van der Waals surface area contributed by atoms with Crippen molar-refractivity contribution in [3.05, 3.63) is 77.3 Å². The van der Waals surface area contributed by atoms with Crippen LogP contribution < -0.4 is 19.1 Å². The quantitative estimate of drug-likeness (QED) is 0.600. The number of aryl methyl sites for hydroxylation is 1. The summed E-state index contributed by atoms with van der Waals surface area (Å²) in [5.74, 6) is 0.374. The van der Waals surface area contributed by atoms with E-state index in [0.29, 0.717) is 27.9 Å². The van der Waals surface area contributed by atoms with Gasteiger partial charge in [-0.3, -0.25) is 9.10 Å². The average Bonchev–Trinajstić information content (AvgIpc) is 2.80. The molecule has 0 aliphatic carbocycles. The van der Waals surface area contributed by atoms with Crippen LogP contribution in [0.5, 0.6) is 11.5 Å². The summed E-state index contributed by atoms with van der Waals surface area (Å²) in [7, 11) is -2.45. The number of nitrogens with one attached hydrogen (secondary N) is 1. The zero-order valence-corrected chi connectivity index (χ0v) is 19.0. The Balaban J connectivity index is 1.67. The molecule has 0 aromatic heterocycles.